The molecule has 4 nitrogen and oxygen atoms in total. The Morgan fingerprint density at radius 1 is 1.53 bits per heavy atom. The first-order valence-corrected chi connectivity index (χ1v) is 5.33. The highest BCUT2D eigenvalue weighted by atomic mass is 35.5. The molecule has 0 atom stereocenters. The summed E-state index contributed by atoms with van der Waals surface area (Å²) in [7, 11) is 0. The van der Waals surface area contributed by atoms with Crippen molar-refractivity contribution in [3.63, 3.8) is 0 Å². The van der Waals surface area contributed by atoms with Crippen molar-refractivity contribution in [3.8, 4) is 10.9 Å². The number of aromatic nitrogens is 2. The van der Waals surface area contributed by atoms with Crippen LogP contribution in [0.5, 0.6) is 10.9 Å². The van der Waals surface area contributed by atoms with E-state index in [1.807, 2.05) is 0 Å². The van der Waals surface area contributed by atoms with Gasteiger partial charge < -0.3 is 9.84 Å². The van der Waals surface area contributed by atoms with Crippen molar-refractivity contribution in [1.82, 2.24) is 9.97 Å². The lowest BCUT2D eigenvalue weighted by Gasteiger charge is -1.98. The van der Waals surface area contributed by atoms with Gasteiger partial charge in [0.15, 0.2) is 0 Å². The van der Waals surface area contributed by atoms with Crippen molar-refractivity contribution in [3.05, 3.63) is 34.6 Å². The molecule has 0 aromatic carbocycles. The molecule has 0 unspecified atom stereocenters. The first kappa shape index (κ1) is 10.4. The SMILES string of the molecule is OCc1sc(Oc2cccnc2)nc1Cl. The smallest absolute Gasteiger partial charge is 0.280 e. The molecule has 0 fully saturated rings. The number of nitrogens with zero attached hydrogens (tertiary/aromatic N) is 2. The van der Waals surface area contributed by atoms with Gasteiger partial charge in [0.25, 0.3) is 5.19 Å². The van der Waals surface area contributed by atoms with Gasteiger partial charge in [-0.05, 0) is 12.1 Å². The molecule has 0 aliphatic carbocycles. The van der Waals surface area contributed by atoms with Gasteiger partial charge in [0.05, 0.1) is 17.7 Å². The van der Waals surface area contributed by atoms with E-state index in [0.29, 0.717) is 15.8 Å². The molecule has 0 saturated heterocycles. The van der Waals surface area contributed by atoms with E-state index in [2.05, 4.69) is 9.97 Å². The summed E-state index contributed by atoms with van der Waals surface area (Å²) in [6, 6.07) is 3.53. The van der Waals surface area contributed by atoms with Crippen molar-refractivity contribution >= 4 is 22.9 Å². The van der Waals surface area contributed by atoms with E-state index in [-0.39, 0.29) is 11.8 Å². The third-order valence-electron chi connectivity index (χ3n) is 1.61. The largest absolute Gasteiger partial charge is 0.429 e. The number of hydrogen-bond donors (Lipinski definition) is 1. The summed E-state index contributed by atoms with van der Waals surface area (Å²) >= 11 is 6.97. The van der Waals surface area contributed by atoms with Crippen LogP contribution in [0.3, 0.4) is 0 Å². The number of halogens is 1. The second-order valence-electron chi connectivity index (χ2n) is 2.64. The molecule has 0 amide bonds. The lowest BCUT2D eigenvalue weighted by Crippen LogP contribution is -1.82. The minimum absolute atomic E-state index is 0.132. The summed E-state index contributed by atoms with van der Waals surface area (Å²) in [5, 5.41) is 9.60. The van der Waals surface area contributed by atoms with Gasteiger partial charge in [-0.1, -0.05) is 22.9 Å². The van der Waals surface area contributed by atoms with Crippen LogP contribution in [-0.4, -0.2) is 15.1 Å². The van der Waals surface area contributed by atoms with Crippen LogP contribution in [0.2, 0.25) is 5.15 Å². The Labute approximate surface area is 95.1 Å². The summed E-state index contributed by atoms with van der Waals surface area (Å²) in [6.45, 7) is -0.132. The zero-order chi connectivity index (χ0) is 10.7. The quantitative estimate of drug-likeness (QED) is 0.899. The average Bonchev–Trinajstić information content (AvgIpc) is 2.60. The topological polar surface area (TPSA) is 55.2 Å². The maximum atomic E-state index is 8.92. The summed E-state index contributed by atoms with van der Waals surface area (Å²) in [6.07, 6.45) is 3.23. The minimum atomic E-state index is -0.132. The monoisotopic (exact) mass is 242 g/mol. The van der Waals surface area contributed by atoms with Crippen molar-refractivity contribution in [2.75, 3.05) is 0 Å². The lowest BCUT2D eigenvalue weighted by molar-refractivity contribution is 0.285. The minimum Gasteiger partial charge on any atom is -0.429 e. The van der Waals surface area contributed by atoms with Crippen LogP contribution in [0.1, 0.15) is 4.88 Å². The Balaban J connectivity index is 2.18. The van der Waals surface area contributed by atoms with E-state index in [0.717, 1.165) is 0 Å². The van der Waals surface area contributed by atoms with Crippen LogP contribution < -0.4 is 4.74 Å². The fourth-order valence-electron chi connectivity index (χ4n) is 0.962. The molecule has 1 N–H and O–H groups in total. The predicted molar refractivity (Wildman–Crippen MR) is 57.4 cm³/mol. The number of hydrogen-bond acceptors (Lipinski definition) is 5. The van der Waals surface area contributed by atoms with E-state index in [9.17, 15) is 0 Å². The molecule has 78 valence electrons. The Bertz CT molecular complexity index is 447. The highest BCUT2D eigenvalue weighted by Crippen LogP contribution is 2.31. The van der Waals surface area contributed by atoms with E-state index in [4.69, 9.17) is 21.4 Å². The second-order valence-corrected chi connectivity index (χ2v) is 4.05. The molecule has 0 bridgehead atoms. The molecule has 0 spiro atoms. The summed E-state index contributed by atoms with van der Waals surface area (Å²) in [5.41, 5.74) is 0. The van der Waals surface area contributed by atoms with Crippen molar-refractivity contribution < 1.29 is 9.84 Å². The normalized spacial score (nSPS) is 10.3. The predicted octanol–water partition coefficient (Wildman–Crippen LogP) is 2.48. The number of ether oxygens (including phenoxy) is 1. The molecular weight excluding hydrogens is 236 g/mol. The van der Waals surface area contributed by atoms with Gasteiger partial charge in [-0.25, -0.2) is 0 Å². The third-order valence-corrected chi connectivity index (χ3v) is 2.96. The van der Waals surface area contributed by atoms with Crippen molar-refractivity contribution in [2.45, 2.75) is 6.61 Å². The van der Waals surface area contributed by atoms with Gasteiger partial charge >= 0.3 is 0 Å². The zero-order valence-electron chi connectivity index (χ0n) is 7.55. The average molecular weight is 243 g/mol. The van der Waals surface area contributed by atoms with Crippen LogP contribution in [0.4, 0.5) is 0 Å². The van der Waals surface area contributed by atoms with E-state index < -0.39 is 0 Å². The van der Waals surface area contributed by atoms with Gasteiger partial charge in [0.1, 0.15) is 10.9 Å². The molecule has 15 heavy (non-hydrogen) atoms. The highest BCUT2D eigenvalue weighted by molar-refractivity contribution is 7.13. The fourth-order valence-corrected chi connectivity index (χ4v) is 1.94. The summed E-state index contributed by atoms with van der Waals surface area (Å²) < 4.78 is 5.39. The van der Waals surface area contributed by atoms with Crippen LogP contribution in [0.25, 0.3) is 0 Å². The molecule has 2 rings (SSSR count). The Morgan fingerprint density at radius 3 is 3.00 bits per heavy atom. The standard InChI is InChI=1S/C9H7ClN2O2S/c10-8-7(5-13)15-9(12-8)14-6-2-1-3-11-4-6/h1-4,13H,5H2. The van der Waals surface area contributed by atoms with Crippen LogP contribution >= 0.6 is 22.9 Å². The third kappa shape index (κ3) is 2.44. The summed E-state index contributed by atoms with van der Waals surface area (Å²) in [4.78, 5) is 8.44. The lowest BCUT2D eigenvalue weighted by atomic mass is 10.5. The van der Waals surface area contributed by atoms with Crippen molar-refractivity contribution in [1.29, 1.82) is 0 Å². The van der Waals surface area contributed by atoms with E-state index in [1.165, 1.54) is 11.3 Å². The highest BCUT2D eigenvalue weighted by Gasteiger charge is 2.09. The maximum Gasteiger partial charge on any atom is 0.280 e. The molecule has 0 radical (unpaired) electrons. The first-order chi connectivity index (χ1) is 7.29. The number of rotatable bonds is 3. The number of pyridine rings is 1. The molecule has 0 saturated carbocycles. The van der Waals surface area contributed by atoms with Gasteiger partial charge in [0.2, 0.25) is 0 Å². The maximum absolute atomic E-state index is 8.92. The Hall–Kier alpha value is -1.17. The van der Waals surface area contributed by atoms with Crippen LogP contribution in [-0.2, 0) is 6.61 Å². The van der Waals surface area contributed by atoms with E-state index in [1.54, 1.807) is 24.5 Å². The number of aliphatic hydroxyl groups is 1. The Kier molecular flexibility index (Phi) is 3.15. The molecule has 2 aromatic rings. The summed E-state index contributed by atoms with van der Waals surface area (Å²) in [5.74, 6) is 0.590. The van der Waals surface area contributed by atoms with Gasteiger partial charge in [-0.15, -0.1) is 0 Å². The van der Waals surface area contributed by atoms with Crippen molar-refractivity contribution in [2.24, 2.45) is 0 Å². The molecular formula is C9H7ClN2O2S. The Morgan fingerprint density at radius 2 is 2.40 bits per heavy atom. The molecule has 2 aromatic heterocycles. The molecule has 2 heterocycles. The second kappa shape index (κ2) is 4.57. The van der Waals surface area contributed by atoms with Crippen LogP contribution in [0, 0.1) is 0 Å². The molecule has 0 aliphatic rings. The molecule has 6 heteroatoms. The zero-order valence-corrected chi connectivity index (χ0v) is 9.13. The first-order valence-electron chi connectivity index (χ1n) is 4.13. The van der Waals surface area contributed by atoms with Crippen LogP contribution in [0.15, 0.2) is 24.5 Å². The number of aliphatic hydroxyl groups excluding tert-OH is 1. The number of thiazole rings is 1. The molecule has 0 aliphatic heterocycles. The van der Waals surface area contributed by atoms with Gasteiger partial charge in [-0.3, -0.25) is 4.98 Å². The van der Waals surface area contributed by atoms with Gasteiger partial charge in [-0.2, -0.15) is 4.98 Å². The van der Waals surface area contributed by atoms with E-state index >= 15 is 0 Å². The van der Waals surface area contributed by atoms with Gasteiger partial charge in [0, 0.05) is 6.20 Å². The fraction of sp³-hybridized carbons (Fsp3) is 0.111.